The highest BCUT2D eigenvalue weighted by molar-refractivity contribution is 5.97. The van der Waals surface area contributed by atoms with Crippen molar-refractivity contribution in [1.29, 1.82) is 0 Å². The number of nitrogen functional groups attached to an aromatic ring is 1. The highest BCUT2D eigenvalue weighted by atomic mass is 19.1. The highest BCUT2D eigenvalue weighted by Gasteiger charge is 2.18. The number of carbonyl (C=O) groups excluding carboxylic acids is 3. The molecule has 8 rings (SSSR count). The van der Waals surface area contributed by atoms with Crippen LogP contribution in [0.1, 0.15) is 114 Å². The van der Waals surface area contributed by atoms with Crippen molar-refractivity contribution >= 4 is 29.6 Å². The lowest BCUT2D eigenvalue weighted by Gasteiger charge is -2.21. The van der Waals surface area contributed by atoms with Gasteiger partial charge in [0, 0.05) is 107 Å². The van der Waals surface area contributed by atoms with Gasteiger partial charge in [0.05, 0.1) is 48.3 Å². The number of alkyl carbamates (subject to hydrolysis) is 2. The molecule has 2 aromatic carbocycles. The Morgan fingerprint density at radius 3 is 1.13 bits per heavy atom. The Hall–Kier alpha value is -9.33. The average Bonchev–Trinajstić information content (AvgIpc) is 3.67. The Balaban J connectivity index is 0.000000254. The molecule has 8 aromatic rings. The second-order valence-corrected chi connectivity index (χ2v) is 21.5. The number of hydrogen-bond donors (Lipinski definition) is 4. The van der Waals surface area contributed by atoms with Crippen LogP contribution in [0.25, 0.3) is 0 Å². The molecule has 0 saturated carbocycles. The lowest BCUT2D eigenvalue weighted by molar-refractivity contribution is 0.0517. The van der Waals surface area contributed by atoms with Crippen molar-refractivity contribution in [1.82, 2.24) is 50.3 Å². The zero-order valence-corrected chi connectivity index (χ0v) is 49.2. The Morgan fingerprint density at radius 1 is 0.494 bits per heavy atom. The molecule has 0 atom stereocenters. The molecule has 6 heterocycles. The van der Waals surface area contributed by atoms with E-state index in [1.807, 2.05) is 175 Å². The molecule has 19 heteroatoms. The zero-order valence-electron chi connectivity index (χ0n) is 50.2. The maximum atomic E-state index is 12.9. The number of alkyl halides is 1. The number of hydrogen-bond acceptors (Lipinski definition) is 15. The number of nitrogens with two attached hydrogens (primary N) is 1. The third-order valence-corrected chi connectivity index (χ3v) is 12.0. The number of rotatable bonds is 22. The molecule has 0 spiro atoms. The summed E-state index contributed by atoms with van der Waals surface area (Å²) >= 11 is 0. The predicted molar refractivity (Wildman–Crippen MR) is 327 cm³/mol. The first-order valence-electron chi connectivity index (χ1n) is 28.3. The summed E-state index contributed by atoms with van der Waals surface area (Å²) in [6.45, 7) is 15.9. The van der Waals surface area contributed by atoms with Crippen molar-refractivity contribution in [3.8, 4) is 0 Å². The lowest BCUT2D eigenvalue weighted by Crippen LogP contribution is -2.33. The standard InChI is InChI=1S/C33H37N5O3.C19H18N4O2.C13H20N2O2.CH3F/c1-33(2,3)41-32(40)36-19-16-25-10-12-26(13-11-25)20-31(39)27-14-15-30(37-21-27)24-38(22-28-8-4-6-17-34-28)23-29-9-5-7-18-35-29;24-19(25)15-7-8-18(22-11-15)14-23(12-16-5-1-3-9-20-16)13-17-6-2-4-10-21-17;1-13(2,3)17-12(16)15-9-8-10-4-6-11(14)7-5-10;1-2/h4-15,17-18,21H,16,19-20,22-24H2,1-3H3,(H,36,40);1-11H,12-14H2,(H,24,25);4-7H,8-9,14H2,1-3H3,(H,15,16);1H3/i;;;1D. The van der Waals surface area contributed by atoms with Gasteiger partial charge in [0.1, 0.15) is 11.2 Å². The van der Waals surface area contributed by atoms with Crippen LogP contribution in [0.3, 0.4) is 0 Å². The summed E-state index contributed by atoms with van der Waals surface area (Å²) in [5.74, 6) is -0.958. The molecule has 0 unspecified atom stereocenters. The van der Waals surface area contributed by atoms with Crippen LogP contribution in [-0.2, 0) is 68.0 Å². The number of carboxylic acid groups (broad SMARTS) is 1. The summed E-state index contributed by atoms with van der Waals surface area (Å²) in [6.07, 6.45) is 11.1. The Labute approximate surface area is 499 Å². The average molecular weight is 1160 g/mol. The van der Waals surface area contributed by atoms with E-state index in [9.17, 15) is 23.6 Å². The minimum atomic E-state index is -1.00. The van der Waals surface area contributed by atoms with E-state index < -0.39 is 30.4 Å². The van der Waals surface area contributed by atoms with Crippen LogP contribution in [0, 0.1) is 0 Å². The van der Waals surface area contributed by atoms with Gasteiger partial charge in [-0.05, 0) is 156 Å². The number of nitrogens with zero attached hydrogens (tertiary/aromatic N) is 8. The van der Waals surface area contributed by atoms with Crippen molar-refractivity contribution in [2.45, 2.75) is 111 Å². The molecule has 0 aliphatic heterocycles. The Bertz CT molecular complexity index is 3150. The normalized spacial score (nSPS) is 11.0. The summed E-state index contributed by atoms with van der Waals surface area (Å²) in [5.41, 5.74) is 14.8. The van der Waals surface area contributed by atoms with E-state index in [1.54, 1.807) is 43.1 Å². The number of anilines is 1. The number of aromatic carboxylic acids is 1. The van der Waals surface area contributed by atoms with Crippen LogP contribution in [0.4, 0.5) is 19.7 Å². The van der Waals surface area contributed by atoms with Gasteiger partial charge in [-0.1, -0.05) is 60.7 Å². The Kier molecular flexibility index (Phi) is 26.7. The fourth-order valence-corrected chi connectivity index (χ4v) is 8.05. The van der Waals surface area contributed by atoms with Crippen LogP contribution in [-0.4, -0.2) is 100 Å². The van der Waals surface area contributed by atoms with Crippen molar-refractivity contribution in [2.75, 3.05) is 26.0 Å². The van der Waals surface area contributed by atoms with Gasteiger partial charge in [-0.3, -0.25) is 48.9 Å². The molecule has 0 aliphatic carbocycles. The highest BCUT2D eigenvalue weighted by Crippen LogP contribution is 2.16. The summed E-state index contributed by atoms with van der Waals surface area (Å²) in [7, 11) is -1.00. The lowest BCUT2D eigenvalue weighted by atomic mass is 10.0. The van der Waals surface area contributed by atoms with Gasteiger partial charge >= 0.3 is 18.2 Å². The summed E-state index contributed by atoms with van der Waals surface area (Å²) in [6, 6.07) is 46.0. The number of benzene rings is 2. The number of Topliss-reactive ketones (excluding diaryl/α,β-unsaturated/α-hetero) is 1. The SMILES string of the molecule is CC(C)(C)OC(=O)NCCc1ccc(CC(=O)c2ccc(CN(Cc3ccccn3)Cc3ccccn3)nc2)cc1.CC(C)(C)OC(=O)NCCc1ccc(N)cc1.O=C(O)c1ccc(CN(Cc2ccccn2)Cc2ccccn2)nc1.[2H]CF. The van der Waals surface area contributed by atoms with Crippen LogP contribution in [0.5, 0.6) is 0 Å². The monoisotopic (exact) mass is 1160 g/mol. The largest absolute Gasteiger partial charge is 0.478 e. The van der Waals surface area contributed by atoms with Gasteiger partial charge in [0.15, 0.2) is 5.78 Å². The van der Waals surface area contributed by atoms with Crippen molar-refractivity contribution < 1.29 is 39.5 Å². The molecule has 2 amide bonds. The van der Waals surface area contributed by atoms with E-state index in [2.05, 4.69) is 50.3 Å². The van der Waals surface area contributed by atoms with Crippen LogP contribution < -0.4 is 16.4 Å². The smallest absolute Gasteiger partial charge is 0.407 e. The van der Waals surface area contributed by atoms with Crippen molar-refractivity contribution in [3.63, 3.8) is 0 Å². The number of nitrogens with one attached hydrogen (secondary N) is 2. The van der Waals surface area contributed by atoms with E-state index in [-0.39, 0.29) is 17.4 Å². The van der Waals surface area contributed by atoms with E-state index in [4.69, 9.17) is 21.7 Å². The van der Waals surface area contributed by atoms with E-state index in [0.29, 0.717) is 70.8 Å². The first-order chi connectivity index (χ1) is 41.2. The van der Waals surface area contributed by atoms with E-state index in [0.717, 1.165) is 63.0 Å². The Morgan fingerprint density at radius 2 is 0.824 bits per heavy atom. The van der Waals surface area contributed by atoms with E-state index in [1.165, 1.54) is 6.20 Å². The number of pyridine rings is 6. The second kappa shape index (κ2) is 35.0. The molecule has 5 N–H and O–H groups in total. The molecule has 0 bridgehead atoms. The molecule has 0 saturated heterocycles. The van der Waals surface area contributed by atoms with Gasteiger partial charge in [0.2, 0.25) is 0 Å². The molecule has 18 nitrogen and oxygen atoms in total. The minimum Gasteiger partial charge on any atom is -0.478 e. The second-order valence-electron chi connectivity index (χ2n) is 21.5. The maximum absolute atomic E-state index is 12.9. The topological polar surface area (TPSA) is 241 Å². The minimum absolute atomic E-state index is 0.0159. The van der Waals surface area contributed by atoms with Gasteiger partial charge in [-0.15, -0.1) is 0 Å². The maximum Gasteiger partial charge on any atom is 0.407 e. The molecule has 0 fully saturated rings. The fraction of sp³-hybridized carbons (Fsp3) is 0.303. The number of halogens is 1. The number of carbonyl (C=O) groups is 4. The molecule has 446 valence electrons. The summed E-state index contributed by atoms with van der Waals surface area (Å²) < 4.78 is 25.9. The summed E-state index contributed by atoms with van der Waals surface area (Å²) in [4.78, 5) is 78.0. The van der Waals surface area contributed by atoms with Crippen LogP contribution >= 0.6 is 0 Å². The van der Waals surface area contributed by atoms with Gasteiger partial charge in [-0.2, -0.15) is 0 Å². The number of carboxylic acids is 1. The first kappa shape index (κ1) is 64.8. The number of amides is 2. The third-order valence-electron chi connectivity index (χ3n) is 12.0. The molecule has 0 aliphatic rings. The van der Waals surface area contributed by atoms with Gasteiger partial charge < -0.3 is 30.9 Å². The van der Waals surface area contributed by atoms with E-state index >= 15 is 0 Å². The van der Waals surface area contributed by atoms with Crippen molar-refractivity contribution in [3.05, 3.63) is 245 Å². The molecular weight excluding hydrogens is 1080 g/mol. The third kappa shape index (κ3) is 27.1. The predicted octanol–water partition coefficient (Wildman–Crippen LogP) is 11.3. The van der Waals surface area contributed by atoms with Gasteiger partial charge in [-0.25, -0.2) is 14.4 Å². The number of ether oxygens (including phenoxy) is 2. The van der Waals surface area contributed by atoms with Gasteiger partial charge in [0.25, 0.3) is 0 Å². The number of ketones is 1. The van der Waals surface area contributed by atoms with Crippen LogP contribution in [0.2, 0.25) is 0 Å². The first-order valence-corrected chi connectivity index (χ1v) is 27.6. The zero-order chi connectivity index (χ0) is 62.2. The number of aromatic nitrogens is 6. The quantitative estimate of drug-likeness (QED) is 0.0364. The molecule has 0 radical (unpaired) electrons. The molecule has 6 aromatic heterocycles. The molecular formula is C66H78FN11O7. The fourth-order valence-electron chi connectivity index (χ4n) is 8.05. The molecule has 85 heavy (non-hydrogen) atoms. The summed E-state index contributed by atoms with van der Waals surface area (Å²) in [5, 5.41) is 14.5. The van der Waals surface area contributed by atoms with Crippen LogP contribution in [0.15, 0.2) is 183 Å². The van der Waals surface area contributed by atoms with Crippen molar-refractivity contribution in [2.24, 2.45) is 0 Å².